The van der Waals surface area contributed by atoms with Crippen molar-refractivity contribution in [3.8, 4) is 0 Å². The van der Waals surface area contributed by atoms with E-state index in [0.717, 1.165) is 44.0 Å². The zero-order chi connectivity index (χ0) is 30.8. The van der Waals surface area contributed by atoms with E-state index in [1.165, 1.54) is 32.1 Å². The molecule has 2 aliphatic rings. The van der Waals surface area contributed by atoms with Gasteiger partial charge in [-0.05, 0) is 38.8 Å². The van der Waals surface area contributed by atoms with Crippen LogP contribution in [-0.2, 0) is 16.1 Å². The number of nitrogens with two attached hydrogens (primary N) is 1. The van der Waals surface area contributed by atoms with Crippen LogP contribution in [0.5, 0.6) is 0 Å². The van der Waals surface area contributed by atoms with Crippen LogP contribution in [0, 0.1) is 0 Å². The summed E-state index contributed by atoms with van der Waals surface area (Å²) in [6.07, 6.45) is 2.50. The highest BCUT2D eigenvalue weighted by Gasteiger charge is 2.38. The molecule has 1 saturated heterocycles. The van der Waals surface area contributed by atoms with Crippen molar-refractivity contribution in [2.24, 2.45) is 0 Å². The molecule has 0 bridgehead atoms. The molecule has 2 aromatic rings. The number of hydrogen-bond donors (Lipinski definition) is 3. The first-order valence-electron chi connectivity index (χ1n) is 12.6. The summed E-state index contributed by atoms with van der Waals surface area (Å²) in [5.74, 6) is -4.27. The molecule has 0 atom stereocenters. The lowest BCUT2D eigenvalue weighted by atomic mass is 9.94. The molecule has 1 aliphatic carbocycles. The Bertz CT molecular complexity index is 1090. The molecule has 4 rings (SSSR count). The Morgan fingerprint density at radius 2 is 1.54 bits per heavy atom. The second-order valence-corrected chi connectivity index (χ2v) is 9.49. The second kappa shape index (κ2) is 14.8. The van der Waals surface area contributed by atoms with E-state index in [1.807, 2.05) is 6.07 Å². The average molecular weight is 599 g/mol. The molecule has 0 unspecified atom stereocenters. The van der Waals surface area contributed by atoms with Crippen LogP contribution in [0.25, 0.3) is 0 Å². The Balaban J connectivity index is 0.000000349. The molecule has 2 fully saturated rings. The quantitative estimate of drug-likeness (QED) is 0.432. The van der Waals surface area contributed by atoms with Gasteiger partial charge in [-0.25, -0.2) is 19.3 Å². The van der Waals surface area contributed by atoms with Gasteiger partial charge in [0.05, 0.1) is 17.9 Å². The minimum Gasteiger partial charge on any atom is -0.475 e. The van der Waals surface area contributed by atoms with E-state index >= 15 is 0 Å². The van der Waals surface area contributed by atoms with Crippen molar-refractivity contribution in [2.75, 3.05) is 30.8 Å². The first-order valence-corrected chi connectivity index (χ1v) is 12.6. The van der Waals surface area contributed by atoms with E-state index in [1.54, 1.807) is 6.20 Å². The minimum absolute atomic E-state index is 0.331. The topological polar surface area (TPSA) is 164 Å². The van der Waals surface area contributed by atoms with Crippen LogP contribution < -0.4 is 10.6 Å². The molecular weight excluding hydrogens is 566 g/mol. The van der Waals surface area contributed by atoms with Gasteiger partial charge in [-0.15, -0.1) is 5.10 Å². The van der Waals surface area contributed by atoms with Crippen LogP contribution in [0.15, 0.2) is 18.5 Å². The molecule has 2 aromatic heterocycles. The summed E-state index contributed by atoms with van der Waals surface area (Å²) in [6.45, 7) is 2.78. The van der Waals surface area contributed by atoms with Crippen molar-refractivity contribution in [2.45, 2.75) is 75.9 Å². The van der Waals surface area contributed by atoms with Crippen molar-refractivity contribution in [3.63, 3.8) is 0 Å². The highest BCUT2D eigenvalue weighted by Crippen LogP contribution is 2.26. The number of alkyl halides is 6. The number of hydrogen-bond acceptors (Lipinski definition) is 9. The number of halogens is 6. The van der Waals surface area contributed by atoms with Crippen LogP contribution >= 0.6 is 0 Å². The lowest BCUT2D eigenvalue weighted by Gasteiger charge is -2.32. The summed E-state index contributed by atoms with van der Waals surface area (Å²) in [4.78, 5) is 30.8. The first-order chi connectivity index (χ1) is 19.1. The van der Waals surface area contributed by atoms with Crippen molar-refractivity contribution < 1.29 is 46.1 Å². The molecule has 1 saturated carbocycles. The molecule has 18 heteroatoms. The Labute approximate surface area is 231 Å². The maximum absolute atomic E-state index is 10.6. The number of rotatable bonds is 5. The van der Waals surface area contributed by atoms with Crippen molar-refractivity contribution >= 4 is 23.7 Å². The first kappa shape index (κ1) is 33.5. The number of aliphatic carboxylic acids is 2. The predicted octanol–water partition coefficient (Wildman–Crippen LogP) is 3.52. The molecule has 12 nitrogen and oxygen atoms in total. The number of carbonyl (C=O) groups is 2. The molecule has 41 heavy (non-hydrogen) atoms. The molecule has 0 amide bonds. The SMILES string of the molecule is CN(Cc1cn(C2CCN(c3ccnc(N)n3)CC2)nn1)C1CCCCC1.O=C(O)C(F)(F)F.O=C(O)C(F)(F)F. The van der Waals surface area contributed by atoms with Gasteiger partial charge in [-0.2, -0.15) is 31.3 Å². The van der Waals surface area contributed by atoms with Crippen molar-refractivity contribution in [1.82, 2.24) is 29.9 Å². The molecule has 0 radical (unpaired) electrons. The fraction of sp³-hybridized carbons (Fsp3) is 0.652. The predicted molar refractivity (Wildman–Crippen MR) is 133 cm³/mol. The van der Waals surface area contributed by atoms with Crippen LogP contribution in [0.3, 0.4) is 0 Å². The third-order valence-corrected chi connectivity index (χ3v) is 6.47. The maximum atomic E-state index is 10.6. The number of aromatic nitrogens is 5. The zero-order valence-electron chi connectivity index (χ0n) is 22.1. The Morgan fingerprint density at radius 1 is 1.00 bits per heavy atom. The van der Waals surface area contributed by atoms with Crippen LogP contribution in [-0.4, -0.2) is 90.5 Å². The van der Waals surface area contributed by atoms with E-state index in [9.17, 15) is 26.3 Å². The molecule has 3 heterocycles. The molecule has 0 spiro atoms. The number of nitrogens with zero attached hydrogens (tertiary/aromatic N) is 7. The van der Waals surface area contributed by atoms with Gasteiger partial charge in [0.25, 0.3) is 0 Å². The fourth-order valence-corrected chi connectivity index (χ4v) is 4.37. The number of carboxylic acids is 2. The summed E-state index contributed by atoms with van der Waals surface area (Å²) in [6, 6.07) is 3.03. The maximum Gasteiger partial charge on any atom is 0.490 e. The number of anilines is 2. The highest BCUT2D eigenvalue weighted by atomic mass is 19.4. The Hall–Kier alpha value is -3.70. The smallest absolute Gasteiger partial charge is 0.475 e. The zero-order valence-corrected chi connectivity index (χ0v) is 22.1. The lowest BCUT2D eigenvalue weighted by molar-refractivity contribution is -0.193. The van der Waals surface area contributed by atoms with E-state index < -0.39 is 24.3 Å². The van der Waals surface area contributed by atoms with Gasteiger partial charge in [0.1, 0.15) is 5.82 Å². The number of carboxylic acid groups (broad SMARTS) is 2. The van der Waals surface area contributed by atoms with E-state index in [2.05, 4.69) is 48.0 Å². The van der Waals surface area contributed by atoms with Gasteiger partial charge in [0.2, 0.25) is 5.95 Å². The summed E-state index contributed by atoms with van der Waals surface area (Å²) in [5, 5.41) is 23.1. The Morgan fingerprint density at radius 3 is 2.02 bits per heavy atom. The summed E-state index contributed by atoms with van der Waals surface area (Å²) in [7, 11) is 2.22. The van der Waals surface area contributed by atoms with E-state index in [4.69, 9.17) is 25.5 Å². The summed E-state index contributed by atoms with van der Waals surface area (Å²) < 4.78 is 65.5. The monoisotopic (exact) mass is 598 g/mol. The van der Waals surface area contributed by atoms with Gasteiger partial charge in [-0.3, -0.25) is 4.90 Å². The van der Waals surface area contributed by atoms with Gasteiger partial charge in [0, 0.05) is 31.9 Å². The van der Waals surface area contributed by atoms with Crippen molar-refractivity contribution in [1.29, 1.82) is 0 Å². The van der Waals surface area contributed by atoms with Crippen LogP contribution in [0.4, 0.5) is 38.1 Å². The van der Waals surface area contributed by atoms with Gasteiger partial charge < -0.3 is 20.8 Å². The van der Waals surface area contributed by atoms with E-state index in [-0.39, 0.29) is 0 Å². The average Bonchev–Trinajstić information content (AvgIpc) is 3.37. The van der Waals surface area contributed by atoms with Crippen LogP contribution in [0.1, 0.15) is 56.7 Å². The molecular formula is C23H32F6N8O4. The highest BCUT2D eigenvalue weighted by molar-refractivity contribution is 5.73. The van der Waals surface area contributed by atoms with Crippen molar-refractivity contribution in [3.05, 3.63) is 24.2 Å². The summed E-state index contributed by atoms with van der Waals surface area (Å²) in [5.41, 5.74) is 6.78. The number of nitrogen functional groups attached to an aromatic ring is 1. The van der Waals surface area contributed by atoms with Gasteiger partial charge in [-0.1, -0.05) is 24.5 Å². The van der Waals surface area contributed by atoms with Gasteiger partial charge >= 0.3 is 24.3 Å². The molecule has 1 aliphatic heterocycles. The number of piperidine rings is 1. The molecule has 4 N–H and O–H groups in total. The van der Waals surface area contributed by atoms with E-state index in [0.29, 0.717) is 18.0 Å². The molecule has 0 aromatic carbocycles. The third-order valence-electron chi connectivity index (χ3n) is 6.47. The minimum atomic E-state index is -5.08. The second-order valence-electron chi connectivity index (χ2n) is 9.49. The fourth-order valence-electron chi connectivity index (χ4n) is 4.37. The largest absolute Gasteiger partial charge is 0.490 e. The van der Waals surface area contributed by atoms with Crippen LogP contribution in [0.2, 0.25) is 0 Å². The molecule has 230 valence electrons. The van der Waals surface area contributed by atoms with Gasteiger partial charge in [0.15, 0.2) is 0 Å². The normalized spacial score (nSPS) is 16.8. The third kappa shape index (κ3) is 11.4. The summed E-state index contributed by atoms with van der Waals surface area (Å²) >= 11 is 0. The lowest BCUT2D eigenvalue weighted by Crippen LogP contribution is -2.35. The Kier molecular flexibility index (Phi) is 12.1. The standard InChI is InChI=1S/C19H30N8.2C2HF3O2/c1-25(16-5-3-2-4-6-16)13-15-14-27(24-23-15)17-8-11-26(12-9-17)18-7-10-21-19(20)22-18;2*3-2(4,5)1(6)7/h7,10,14,16-17H,2-6,8-9,11-13H2,1H3,(H2,20,21,22);2*(H,6,7).